The molecule has 1 heterocycles. The van der Waals surface area contributed by atoms with Crippen LogP contribution in [-0.2, 0) is 16.1 Å². The lowest BCUT2D eigenvalue weighted by Crippen LogP contribution is -2.37. The van der Waals surface area contributed by atoms with Crippen molar-refractivity contribution in [3.63, 3.8) is 0 Å². The standard InChI is InChI=1S/C16H18N2O5/c1-9(2)16(20)23-8-13-15(10(3)19)18(21)14-7-11(22-4)5-6-12(14)17-13/h5-7,9H,8H2,1-4H3. The fourth-order valence-corrected chi connectivity index (χ4v) is 2.08. The molecule has 7 nitrogen and oxygen atoms in total. The van der Waals surface area contributed by atoms with Crippen LogP contribution in [-0.4, -0.2) is 23.8 Å². The molecule has 122 valence electrons. The van der Waals surface area contributed by atoms with E-state index in [1.165, 1.54) is 20.1 Å². The van der Waals surface area contributed by atoms with E-state index in [4.69, 9.17) is 9.47 Å². The summed E-state index contributed by atoms with van der Waals surface area (Å²) in [5.74, 6) is -0.696. The molecule has 0 aliphatic heterocycles. The Labute approximate surface area is 133 Å². The summed E-state index contributed by atoms with van der Waals surface area (Å²) in [6, 6.07) is 4.78. The molecule has 0 unspecified atom stereocenters. The van der Waals surface area contributed by atoms with Gasteiger partial charge in [-0.2, -0.15) is 4.73 Å². The zero-order chi connectivity index (χ0) is 17.1. The molecule has 0 amide bonds. The van der Waals surface area contributed by atoms with Crippen LogP contribution in [0.4, 0.5) is 0 Å². The molecule has 2 rings (SSSR count). The molecule has 0 saturated heterocycles. The highest BCUT2D eigenvalue weighted by atomic mass is 16.5. The van der Waals surface area contributed by atoms with Crippen LogP contribution in [0, 0.1) is 11.1 Å². The average Bonchev–Trinajstić information content (AvgIpc) is 2.51. The minimum atomic E-state index is -0.451. The summed E-state index contributed by atoms with van der Waals surface area (Å²) >= 11 is 0. The normalized spacial score (nSPS) is 10.8. The van der Waals surface area contributed by atoms with E-state index in [2.05, 4.69) is 4.98 Å². The number of hydrogen-bond acceptors (Lipinski definition) is 6. The molecular formula is C16H18N2O5. The number of fused-ring (bicyclic) bond motifs is 1. The number of ether oxygens (including phenoxy) is 2. The Bertz CT molecular complexity index is 771. The maximum absolute atomic E-state index is 12.5. The fourth-order valence-electron chi connectivity index (χ4n) is 2.08. The van der Waals surface area contributed by atoms with Crippen molar-refractivity contribution in [2.45, 2.75) is 27.4 Å². The van der Waals surface area contributed by atoms with Crippen molar-refractivity contribution in [1.82, 2.24) is 4.98 Å². The van der Waals surface area contributed by atoms with Crippen LogP contribution < -0.4 is 9.47 Å². The van der Waals surface area contributed by atoms with Crippen LogP contribution in [0.2, 0.25) is 0 Å². The monoisotopic (exact) mass is 318 g/mol. The first-order chi connectivity index (χ1) is 10.8. The molecule has 23 heavy (non-hydrogen) atoms. The van der Waals surface area contributed by atoms with Crippen LogP contribution >= 0.6 is 0 Å². The maximum Gasteiger partial charge on any atom is 0.308 e. The number of nitrogens with zero attached hydrogens (tertiary/aromatic N) is 2. The minimum Gasteiger partial charge on any atom is -0.618 e. The lowest BCUT2D eigenvalue weighted by Gasteiger charge is -2.12. The molecule has 0 spiro atoms. The fraction of sp³-hybridized carbons (Fsp3) is 0.375. The second-order valence-electron chi connectivity index (χ2n) is 5.37. The van der Waals surface area contributed by atoms with Crippen molar-refractivity contribution >= 4 is 22.8 Å². The van der Waals surface area contributed by atoms with Gasteiger partial charge in [-0.15, -0.1) is 0 Å². The van der Waals surface area contributed by atoms with Crippen molar-refractivity contribution in [3.05, 3.63) is 34.8 Å². The number of benzene rings is 1. The second-order valence-corrected chi connectivity index (χ2v) is 5.37. The summed E-state index contributed by atoms with van der Waals surface area (Å²) in [5, 5.41) is 12.5. The van der Waals surface area contributed by atoms with E-state index in [0.717, 1.165) is 0 Å². The highest BCUT2D eigenvalue weighted by molar-refractivity contribution is 5.93. The zero-order valence-corrected chi connectivity index (χ0v) is 13.5. The summed E-state index contributed by atoms with van der Waals surface area (Å²) in [4.78, 5) is 27.7. The molecule has 0 bridgehead atoms. The van der Waals surface area contributed by atoms with Gasteiger partial charge < -0.3 is 14.7 Å². The molecule has 0 atom stereocenters. The third-order valence-electron chi connectivity index (χ3n) is 3.29. The van der Waals surface area contributed by atoms with Crippen molar-refractivity contribution in [1.29, 1.82) is 0 Å². The minimum absolute atomic E-state index is 0.137. The highest BCUT2D eigenvalue weighted by Crippen LogP contribution is 2.19. The molecule has 1 aromatic heterocycles. The predicted octanol–water partition coefficient (Wildman–Crippen LogP) is 1.78. The molecule has 1 aromatic carbocycles. The number of esters is 1. The summed E-state index contributed by atoms with van der Waals surface area (Å²) in [6.07, 6.45) is 0. The van der Waals surface area contributed by atoms with E-state index >= 15 is 0 Å². The highest BCUT2D eigenvalue weighted by Gasteiger charge is 2.24. The molecular weight excluding hydrogens is 300 g/mol. The zero-order valence-electron chi connectivity index (χ0n) is 13.5. The van der Waals surface area contributed by atoms with E-state index in [9.17, 15) is 14.8 Å². The Hall–Kier alpha value is -2.70. The quantitative estimate of drug-likeness (QED) is 0.361. The number of carbonyl (C=O) groups excluding carboxylic acids is 2. The molecule has 2 aromatic rings. The van der Waals surface area contributed by atoms with Gasteiger partial charge in [0.2, 0.25) is 11.3 Å². The number of methoxy groups -OCH3 is 1. The van der Waals surface area contributed by atoms with E-state index in [0.29, 0.717) is 16.0 Å². The van der Waals surface area contributed by atoms with Crippen LogP contribution in [0.5, 0.6) is 5.75 Å². The van der Waals surface area contributed by atoms with E-state index in [1.54, 1.807) is 26.0 Å². The van der Waals surface area contributed by atoms with Gasteiger partial charge in [0, 0.05) is 6.92 Å². The largest absolute Gasteiger partial charge is 0.618 e. The van der Waals surface area contributed by atoms with Crippen molar-refractivity contribution in [3.8, 4) is 5.75 Å². The Morgan fingerprint density at radius 1 is 1.35 bits per heavy atom. The van der Waals surface area contributed by atoms with Crippen molar-refractivity contribution in [2.24, 2.45) is 5.92 Å². The molecule has 0 fully saturated rings. The van der Waals surface area contributed by atoms with Gasteiger partial charge in [0.15, 0.2) is 5.69 Å². The molecule has 0 aliphatic rings. The van der Waals surface area contributed by atoms with Gasteiger partial charge in [0.25, 0.3) is 5.69 Å². The molecule has 7 heteroatoms. The van der Waals surface area contributed by atoms with Crippen molar-refractivity contribution in [2.75, 3.05) is 7.11 Å². The van der Waals surface area contributed by atoms with E-state index in [1.807, 2.05) is 0 Å². The molecule has 0 N–H and O–H groups in total. The number of aromatic nitrogens is 2. The number of Topliss-reactive ketones (excluding diaryl/α,β-unsaturated/α-hetero) is 1. The first kappa shape index (κ1) is 16.7. The summed E-state index contributed by atoms with van der Waals surface area (Å²) in [7, 11) is 1.48. The van der Waals surface area contributed by atoms with Crippen LogP contribution in [0.3, 0.4) is 0 Å². The van der Waals surface area contributed by atoms with E-state index < -0.39 is 11.8 Å². The molecule has 0 radical (unpaired) electrons. The van der Waals surface area contributed by atoms with Gasteiger partial charge in [0.05, 0.1) is 19.1 Å². The number of ketones is 1. The topological polar surface area (TPSA) is 92.4 Å². The first-order valence-corrected chi connectivity index (χ1v) is 7.13. The summed E-state index contributed by atoms with van der Waals surface area (Å²) in [5.41, 5.74) is 0.608. The van der Waals surface area contributed by atoms with Gasteiger partial charge in [-0.1, -0.05) is 13.8 Å². The smallest absolute Gasteiger partial charge is 0.308 e. The lowest BCUT2D eigenvalue weighted by molar-refractivity contribution is -0.580. The lowest BCUT2D eigenvalue weighted by atomic mass is 10.2. The Morgan fingerprint density at radius 2 is 2.04 bits per heavy atom. The van der Waals surface area contributed by atoms with E-state index in [-0.39, 0.29) is 29.4 Å². The summed E-state index contributed by atoms with van der Waals surface area (Å²) < 4.78 is 10.7. The Balaban J connectivity index is 2.53. The van der Waals surface area contributed by atoms with Gasteiger partial charge >= 0.3 is 5.97 Å². The Morgan fingerprint density at radius 3 is 2.61 bits per heavy atom. The van der Waals surface area contributed by atoms with Gasteiger partial charge in [0.1, 0.15) is 17.9 Å². The number of carbonyl (C=O) groups is 2. The van der Waals surface area contributed by atoms with Crippen LogP contribution in [0.25, 0.3) is 11.0 Å². The molecule has 0 aliphatic carbocycles. The predicted molar refractivity (Wildman–Crippen MR) is 81.9 cm³/mol. The summed E-state index contributed by atoms with van der Waals surface area (Å²) in [6.45, 7) is 4.44. The maximum atomic E-state index is 12.5. The molecule has 0 saturated carbocycles. The van der Waals surface area contributed by atoms with Gasteiger partial charge in [-0.25, -0.2) is 4.98 Å². The van der Waals surface area contributed by atoms with Gasteiger partial charge in [-0.05, 0) is 12.1 Å². The average molecular weight is 318 g/mol. The second kappa shape index (κ2) is 6.60. The number of hydrogen-bond donors (Lipinski definition) is 0. The first-order valence-electron chi connectivity index (χ1n) is 7.13. The number of rotatable bonds is 5. The van der Waals surface area contributed by atoms with Gasteiger partial charge in [-0.3, -0.25) is 9.59 Å². The third-order valence-corrected chi connectivity index (χ3v) is 3.29. The Kier molecular flexibility index (Phi) is 4.78. The van der Waals surface area contributed by atoms with Crippen molar-refractivity contribution < 1.29 is 23.8 Å². The third kappa shape index (κ3) is 3.39. The SMILES string of the molecule is COc1ccc2nc(COC(=O)C(C)C)c(C(C)=O)[n+]([O-])c2c1. The van der Waals surface area contributed by atoms with Crippen LogP contribution in [0.15, 0.2) is 18.2 Å². The van der Waals surface area contributed by atoms with Crippen LogP contribution in [0.1, 0.15) is 37.0 Å².